The normalized spacial score (nSPS) is 14.0. The summed E-state index contributed by atoms with van der Waals surface area (Å²) in [6, 6.07) is 8.47. The molecular weight excluding hydrogens is 442 g/mol. The topological polar surface area (TPSA) is 86.3 Å². The zero-order valence-electron chi connectivity index (χ0n) is 21.1. The third-order valence-electron chi connectivity index (χ3n) is 6.36. The first-order valence-corrected chi connectivity index (χ1v) is 12.0. The van der Waals surface area contributed by atoms with Crippen LogP contribution in [0.25, 0.3) is 33.9 Å². The number of rotatable bonds is 3. The van der Waals surface area contributed by atoms with E-state index in [0.717, 1.165) is 39.7 Å². The highest BCUT2D eigenvalue weighted by molar-refractivity contribution is 5.80. The summed E-state index contributed by atoms with van der Waals surface area (Å²) in [6.45, 7) is 13.1. The molecule has 0 saturated heterocycles. The zero-order valence-corrected chi connectivity index (χ0v) is 21.1. The monoisotopic (exact) mass is 473 g/mol. The molecule has 1 aliphatic rings. The Morgan fingerprint density at radius 1 is 1.20 bits per heavy atom. The maximum absolute atomic E-state index is 12.5. The molecule has 0 atom stereocenters. The molecule has 4 heterocycles. The molecule has 0 N–H and O–H groups in total. The number of hydrogen-bond donors (Lipinski definition) is 0. The molecule has 0 unspecified atom stereocenters. The first-order valence-electron chi connectivity index (χ1n) is 12.0. The van der Waals surface area contributed by atoms with Gasteiger partial charge in [0.25, 0.3) is 5.89 Å². The molecule has 1 aromatic carbocycles. The zero-order chi connectivity index (χ0) is 24.9. The van der Waals surface area contributed by atoms with Crippen LogP contribution in [-0.2, 0) is 17.7 Å². The van der Waals surface area contributed by atoms with Crippen LogP contribution in [0.1, 0.15) is 57.4 Å². The number of carbonyl (C=O) groups excluding carboxylic acids is 1. The fraction of sp³-hybridized carbons (Fsp3) is 0.407. The van der Waals surface area contributed by atoms with Crippen molar-refractivity contribution in [2.45, 2.75) is 66.2 Å². The predicted molar refractivity (Wildman–Crippen MR) is 134 cm³/mol. The van der Waals surface area contributed by atoms with Crippen molar-refractivity contribution in [3.8, 4) is 22.8 Å². The Labute approximate surface area is 204 Å². The Morgan fingerprint density at radius 3 is 2.74 bits per heavy atom. The third-order valence-corrected chi connectivity index (χ3v) is 6.36. The molecule has 4 aromatic rings. The summed E-state index contributed by atoms with van der Waals surface area (Å²) in [4.78, 5) is 23.6. The number of fused-ring (bicyclic) bond motifs is 2. The van der Waals surface area contributed by atoms with E-state index in [2.05, 4.69) is 46.5 Å². The van der Waals surface area contributed by atoms with Gasteiger partial charge in [-0.05, 0) is 76.8 Å². The second-order valence-electron chi connectivity index (χ2n) is 10.4. The van der Waals surface area contributed by atoms with Gasteiger partial charge in [-0.25, -0.2) is 9.78 Å². The highest BCUT2D eigenvalue weighted by Gasteiger charge is 2.27. The van der Waals surface area contributed by atoms with Crippen LogP contribution >= 0.6 is 0 Å². The lowest BCUT2D eigenvalue weighted by Gasteiger charge is -2.32. The summed E-state index contributed by atoms with van der Waals surface area (Å²) in [5, 5.41) is 5.30. The van der Waals surface area contributed by atoms with E-state index in [4.69, 9.17) is 9.26 Å². The minimum absolute atomic E-state index is 0.276. The molecule has 0 fully saturated rings. The van der Waals surface area contributed by atoms with Crippen molar-refractivity contribution < 1.29 is 14.1 Å². The molecule has 3 aromatic heterocycles. The minimum Gasteiger partial charge on any atom is -0.444 e. The summed E-state index contributed by atoms with van der Waals surface area (Å²) < 4.78 is 13.3. The Kier molecular flexibility index (Phi) is 5.62. The molecular formula is C27H31N5O3. The second kappa shape index (κ2) is 8.52. The smallest absolute Gasteiger partial charge is 0.410 e. The van der Waals surface area contributed by atoms with Crippen molar-refractivity contribution in [2.75, 3.05) is 6.54 Å². The molecule has 5 rings (SSSR count). The van der Waals surface area contributed by atoms with Gasteiger partial charge < -0.3 is 18.7 Å². The van der Waals surface area contributed by atoms with Gasteiger partial charge in [0, 0.05) is 42.5 Å². The van der Waals surface area contributed by atoms with E-state index in [1.807, 2.05) is 45.2 Å². The van der Waals surface area contributed by atoms with E-state index in [1.54, 1.807) is 11.1 Å². The van der Waals surface area contributed by atoms with Gasteiger partial charge >= 0.3 is 6.09 Å². The standard InChI is InChI=1S/C27H31N5O3/c1-16(2)32-12-9-18-13-20(14-28-24(18)32)25-29-23(30-35-25)22-8-7-19-15-31(11-10-21(19)17(22)3)26(33)34-27(4,5)6/h7-9,12-14,16H,10-11,15H2,1-6H3. The van der Waals surface area contributed by atoms with Crippen molar-refractivity contribution >= 4 is 17.1 Å². The van der Waals surface area contributed by atoms with Crippen molar-refractivity contribution in [2.24, 2.45) is 0 Å². The van der Waals surface area contributed by atoms with Crippen LogP contribution < -0.4 is 0 Å². The average molecular weight is 474 g/mol. The molecule has 0 spiro atoms. The summed E-state index contributed by atoms with van der Waals surface area (Å²) in [5.41, 5.74) is 5.62. The maximum atomic E-state index is 12.5. The molecule has 0 bridgehead atoms. The van der Waals surface area contributed by atoms with Gasteiger partial charge in [-0.15, -0.1) is 0 Å². The second-order valence-corrected chi connectivity index (χ2v) is 10.4. The van der Waals surface area contributed by atoms with Crippen LogP contribution in [0.5, 0.6) is 0 Å². The van der Waals surface area contributed by atoms with E-state index in [-0.39, 0.29) is 6.09 Å². The van der Waals surface area contributed by atoms with Gasteiger partial charge in [-0.2, -0.15) is 4.98 Å². The molecule has 182 valence electrons. The summed E-state index contributed by atoms with van der Waals surface area (Å²) >= 11 is 0. The minimum atomic E-state index is -0.508. The first-order chi connectivity index (χ1) is 16.6. The van der Waals surface area contributed by atoms with Gasteiger partial charge in [-0.1, -0.05) is 17.3 Å². The fourth-order valence-corrected chi connectivity index (χ4v) is 4.59. The van der Waals surface area contributed by atoms with Crippen molar-refractivity contribution in [3.05, 3.63) is 53.3 Å². The number of amides is 1. The number of pyridine rings is 1. The van der Waals surface area contributed by atoms with Gasteiger partial charge in [0.05, 0.1) is 5.56 Å². The number of aromatic nitrogens is 4. The molecule has 0 saturated carbocycles. The number of ether oxygens (including phenoxy) is 1. The average Bonchev–Trinajstić information content (AvgIpc) is 3.45. The Hall–Kier alpha value is -3.68. The van der Waals surface area contributed by atoms with Gasteiger partial charge in [0.1, 0.15) is 11.2 Å². The lowest BCUT2D eigenvalue weighted by atomic mass is 9.91. The predicted octanol–water partition coefficient (Wildman–Crippen LogP) is 5.94. The van der Waals surface area contributed by atoms with E-state index in [9.17, 15) is 4.79 Å². The molecule has 0 aliphatic carbocycles. The van der Waals surface area contributed by atoms with E-state index >= 15 is 0 Å². The van der Waals surface area contributed by atoms with E-state index < -0.39 is 5.60 Å². The Morgan fingerprint density at radius 2 is 2.00 bits per heavy atom. The highest BCUT2D eigenvalue weighted by atomic mass is 16.6. The third kappa shape index (κ3) is 4.40. The lowest BCUT2D eigenvalue weighted by molar-refractivity contribution is 0.0224. The van der Waals surface area contributed by atoms with Crippen LogP contribution in [0.3, 0.4) is 0 Å². The quantitative estimate of drug-likeness (QED) is 0.366. The van der Waals surface area contributed by atoms with Crippen LogP contribution in [0.15, 0.2) is 41.2 Å². The largest absolute Gasteiger partial charge is 0.444 e. The highest BCUT2D eigenvalue weighted by Crippen LogP contribution is 2.32. The van der Waals surface area contributed by atoms with Crippen LogP contribution in [0.2, 0.25) is 0 Å². The van der Waals surface area contributed by atoms with Crippen molar-refractivity contribution in [1.82, 2.24) is 24.6 Å². The summed E-state index contributed by atoms with van der Waals surface area (Å²) in [5.74, 6) is 0.995. The molecule has 8 nitrogen and oxygen atoms in total. The van der Waals surface area contributed by atoms with E-state index in [0.29, 0.717) is 30.8 Å². The number of benzene rings is 1. The fourth-order valence-electron chi connectivity index (χ4n) is 4.59. The number of carbonyl (C=O) groups is 1. The number of nitrogens with zero attached hydrogens (tertiary/aromatic N) is 5. The Bertz CT molecular complexity index is 1410. The van der Waals surface area contributed by atoms with Crippen molar-refractivity contribution in [3.63, 3.8) is 0 Å². The molecule has 8 heteroatoms. The first kappa shape index (κ1) is 23.1. The molecule has 35 heavy (non-hydrogen) atoms. The van der Waals surface area contributed by atoms with Gasteiger partial charge in [0.2, 0.25) is 5.82 Å². The van der Waals surface area contributed by atoms with E-state index in [1.165, 1.54) is 5.56 Å². The molecule has 1 aliphatic heterocycles. The van der Waals surface area contributed by atoms with Crippen LogP contribution in [0.4, 0.5) is 4.79 Å². The van der Waals surface area contributed by atoms with Crippen LogP contribution in [0, 0.1) is 6.92 Å². The van der Waals surface area contributed by atoms with Crippen molar-refractivity contribution in [1.29, 1.82) is 0 Å². The maximum Gasteiger partial charge on any atom is 0.410 e. The van der Waals surface area contributed by atoms with Gasteiger partial charge in [-0.3, -0.25) is 0 Å². The molecule has 1 amide bonds. The van der Waals surface area contributed by atoms with Gasteiger partial charge in [0.15, 0.2) is 0 Å². The Balaban J connectivity index is 1.39. The number of hydrogen-bond acceptors (Lipinski definition) is 6. The molecule has 0 radical (unpaired) electrons. The SMILES string of the molecule is Cc1c(-c2noc(-c3cnc4c(ccn4C(C)C)c3)n2)ccc2c1CCN(C(=O)OC(C)(C)C)C2. The van der Waals surface area contributed by atoms with Crippen LogP contribution in [-0.4, -0.2) is 42.8 Å². The lowest BCUT2D eigenvalue weighted by Crippen LogP contribution is -2.40. The summed E-state index contributed by atoms with van der Waals surface area (Å²) in [7, 11) is 0. The summed E-state index contributed by atoms with van der Waals surface area (Å²) in [6.07, 6.45) is 4.31.